The van der Waals surface area contributed by atoms with Crippen molar-refractivity contribution in [3.05, 3.63) is 94.5 Å². The first-order valence-corrected chi connectivity index (χ1v) is 11.0. The van der Waals surface area contributed by atoms with Crippen LogP contribution >= 0.6 is 0 Å². The molecule has 3 aromatic rings. The maximum Gasteiger partial charge on any atom is 0.338 e. The Balaban J connectivity index is 1.78. The number of nitrogen functional groups attached to an aromatic ring is 2. The van der Waals surface area contributed by atoms with Crippen LogP contribution in [0, 0.1) is 10.8 Å². The molecule has 6 N–H and O–H groups in total. The SMILES string of the molecule is CC(C)(C)OC(=O)c1cc(COc2ccc(C(=N)N)cc2)cc(COc2ccc(C(=N)N)cc2)c1. The first-order valence-electron chi connectivity index (χ1n) is 11.0. The number of hydrogen-bond donors (Lipinski definition) is 4. The third kappa shape index (κ3) is 7.60. The number of hydrogen-bond acceptors (Lipinski definition) is 6. The predicted octanol–water partition coefficient (Wildman–Crippen LogP) is 4.37. The number of amidine groups is 2. The van der Waals surface area contributed by atoms with Gasteiger partial charge in [0, 0.05) is 11.1 Å². The maximum atomic E-state index is 12.7. The second-order valence-electron chi connectivity index (χ2n) is 8.99. The Morgan fingerprint density at radius 3 is 1.46 bits per heavy atom. The fourth-order valence-electron chi connectivity index (χ4n) is 3.18. The molecule has 182 valence electrons. The van der Waals surface area contributed by atoms with E-state index in [0.717, 1.165) is 11.1 Å². The van der Waals surface area contributed by atoms with Crippen LogP contribution in [0.2, 0.25) is 0 Å². The topological polar surface area (TPSA) is 145 Å². The minimum atomic E-state index is -0.628. The highest BCUT2D eigenvalue weighted by atomic mass is 16.6. The fourth-order valence-corrected chi connectivity index (χ4v) is 3.18. The first-order chi connectivity index (χ1) is 16.5. The Morgan fingerprint density at radius 1 is 0.714 bits per heavy atom. The third-order valence-electron chi connectivity index (χ3n) is 4.83. The largest absolute Gasteiger partial charge is 0.489 e. The molecule has 0 spiro atoms. The van der Waals surface area contributed by atoms with Crippen molar-refractivity contribution in [2.75, 3.05) is 0 Å². The van der Waals surface area contributed by atoms with E-state index in [-0.39, 0.29) is 24.9 Å². The maximum absolute atomic E-state index is 12.7. The number of esters is 1. The van der Waals surface area contributed by atoms with E-state index in [4.69, 9.17) is 36.5 Å². The second-order valence-corrected chi connectivity index (χ2v) is 8.99. The van der Waals surface area contributed by atoms with Gasteiger partial charge in [-0.15, -0.1) is 0 Å². The Bertz CT molecular complexity index is 1130. The van der Waals surface area contributed by atoms with Crippen LogP contribution in [0.5, 0.6) is 11.5 Å². The molecular weight excluding hydrogens is 444 g/mol. The molecule has 0 amide bonds. The van der Waals surface area contributed by atoms with Gasteiger partial charge in [0.05, 0.1) is 5.56 Å². The van der Waals surface area contributed by atoms with Crippen LogP contribution in [0.25, 0.3) is 0 Å². The minimum Gasteiger partial charge on any atom is -0.489 e. The van der Waals surface area contributed by atoms with E-state index >= 15 is 0 Å². The average molecular weight is 475 g/mol. The summed E-state index contributed by atoms with van der Waals surface area (Å²) in [6.45, 7) is 5.89. The molecule has 0 fully saturated rings. The van der Waals surface area contributed by atoms with E-state index in [0.29, 0.717) is 28.2 Å². The lowest BCUT2D eigenvalue weighted by atomic mass is 10.1. The second kappa shape index (κ2) is 10.7. The van der Waals surface area contributed by atoms with Gasteiger partial charge in [-0.3, -0.25) is 10.8 Å². The van der Waals surface area contributed by atoms with Gasteiger partial charge < -0.3 is 25.7 Å². The summed E-state index contributed by atoms with van der Waals surface area (Å²) in [4.78, 5) is 12.7. The number of ether oxygens (including phenoxy) is 3. The lowest BCUT2D eigenvalue weighted by molar-refractivity contribution is 0.00691. The van der Waals surface area contributed by atoms with Gasteiger partial charge >= 0.3 is 5.97 Å². The zero-order valence-corrected chi connectivity index (χ0v) is 20.1. The van der Waals surface area contributed by atoms with E-state index in [1.54, 1.807) is 60.7 Å². The average Bonchev–Trinajstić information content (AvgIpc) is 2.80. The van der Waals surface area contributed by atoms with Crippen LogP contribution in [0.3, 0.4) is 0 Å². The summed E-state index contributed by atoms with van der Waals surface area (Å²) in [6.07, 6.45) is 0. The summed E-state index contributed by atoms with van der Waals surface area (Å²) in [5.74, 6) is 0.767. The number of nitrogens with one attached hydrogen (secondary N) is 2. The highest BCUT2D eigenvalue weighted by Gasteiger charge is 2.19. The number of rotatable bonds is 9. The quantitative estimate of drug-likeness (QED) is 0.206. The van der Waals surface area contributed by atoms with Crippen molar-refractivity contribution < 1.29 is 19.0 Å². The van der Waals surface area contributed by atoms with Gasteiger partial charge in [0.2, 0.25) is 0 Å². The Labute approximate surface area is 204 Å². The summed E-state index contributed by atoms with van der Waals surface area (Å²) in [6, 6.07) is 19.2. The molecule has 0 bridgehead atoms. The zero-order chi connectivity index (χ0) is 25.6. The Kier molecular flexibility index (Phi) is 7.76. The van der Waals surface area contributed by atoms with Crippen molar-refractivity contribution in [3.8, 4) is 11.5 Å². The van der Waals surface area contributed by atoms with Crippen LogP contribution < -0.4 is 20.9 Å². The normalized spacial score (nSPS) is 10.9. The molecule has 0 atom stereocenters. The van der Waals surface area contributed by atoms with Crippen LogP contribution in [-0.2, 0) is 18.0 Å². The highest BCUT2D eigenvalue weighted by molar-refractivity contribution is 5.95. The van der Waals surface area contributed by atoms with Crippen molar-refractivity contribution >= 4 is 17.6 Å². The fraction of sp³-hybridized carbons (Fsp3) is 0.222. The predicted molar refractivity (Wildman–Crippen MR) is 135 cm³/mol. The number of carbonyl (C=O) groups is 1. The van der Waals surface area contributed by atoms with Crippen LogP contribution in [0.15, 0.2) is 66.7 Å². The van der Waals surface area contributed by atoms with Crippen LogP contribution in [0.1, 0.15) is 53.4 Å². The summed E-state index contributed by atoms with van der Waals surface area (Å²) in [5, 5.41) is 15.0. The molecule has 0 aliphatic carbocycles. The van der Waals surface area contributed by atoms with Crippen molar-refractivity contribution in [2.24, 2.45) is 11.5 Å². The molecule has 3 rings (SSSR count). The van der Waals surface area contributed by atoms with Gasteiger partial charge in [-0.1, -0.05) is 0 Å². The van der Waals surface area contributed by atoms with E-state index in [2.05, 4.69) is 0 Å². The highest BCUT2D eigenvalue weighted by Crippen LogP contribution is 2.20. The van der Waals surface area contributed by atoms with Gasteiger partial charge in [0.1, 0.15) is 42.0 Å². The standard InChI is InChI=1S/C27H30N4O4/c1-27(2,3)35-26(32)21-13-17(15-33-22-8-4-19(5-9-22)24(28)29)12-18(14-21)16-34-23-10-6-20(7-11-23)25(30)31/h4-14H,15-16H2,1-3H3,(H3,28,29)(H3,30,31). The van der Waals surface area contributed by atoms with Crippen molar-refractivity contribution in [1.29, 1.82) is 10.8 Å². The molecule has 8 nitrogen and oxygen atoms in total. The molecule has 0 saturated carbocycles. The monoisotopic (exact) mass is 474 g/mol. The lowest BCUT2D eigenvalue weighted by Gasteiger charge is -2.20. The molecule has 0 aliphatic rings. The molecule has 0 saturated heterocycles. The van der Waals surface area contributed by atoms with Gasteiger partial charge in [0.25, 0.3) is 0 Å². The third-order valence-corrected chi connectivity index (χ3v) is 4.83. The molecule has 0 heterocycles. The summed E-state index contributed by atoms with van der Waals surface area (Å²) < 4.78 is 17.3. The summed E-state index contributed by atoms with van der Waals surface area (Å²) >= 11 is 0. The van der Waals surface area contributed by atoms with Gasteiger partial charge in [-0.2, -0.15) is 0 Å². The number of benzene rings is 3. The molecule has 0 aliphatic heterocycles. The molecule has 0 aromatic heterocycles. The van der Waals surface area contributed by atoms with Crippen molar-refractivity contribution in [2.45, 2.75) is 39.6 Å². The van der Waals surface area contributed by atoms with Gasteiger partial charge in [-0.05, 0) is 98.6 Å². The zero-order valence-electron chi connectivity index (χ0n) is 20.1. The van der Waals surface area contributed by atoms with E-state index < -0.39 is 11.6 Å². The van der Waals surface area contributed by atoms with Crippen molar-refractivity contribution in [3.63, 3.8) is 0 Å². The number of nitrogens with two attached hydrogens (primary N) is 2. The first kappa shape index (κ1) is 25.3. The van der Waals surface area contributed by atoms with E-state index in [9.17, 15) is 4.79 Å². The van der Waals surface area contributed by atoms with Gasteiger partial charge in [-0.25, -0.2) is 4.79 Å². The minimum absolute atomic E-state index is 0.0119. The number of carbonyl (C=O) groups excluding carboxylic acids is 1. The Hall–Kier alpha value is -4.33. The summed E-state index contributed by atoms with van der Waals surface area (Å²) in [5.41, 5.74) is 13.5. The molecule has 0 unspecified atom stereocenters. The molecule has 35 heavy (non-hydrogen) atoms. The smallest absolute Gasteiger partial charge is 0.338 e. The molecule has 8 heteroatoms. The van der Waals surface area contributed by atoms with Gasteiger partial charge in [0.15, 0.2) is 0 Å². The van der Waals surface area contributed by atoms with E-state index in [1.807, 2.05) is 26.8 Å². The van der Waals surface area contributed by atoms with Crippen molar-refractivity contribution in [1.82, 2.24) is 0 Å². The van der Waals surface area contributed by atoms with E-state index in [1.165, 1.54) is 0 Å². The molecule has 3 aromatic carbocycles. The summed E-state index contributed by atoms with van der Waals surface area (Å²) in [7, 11) is 0. The van der Waals surface area contributed by atoms with Crippen LogP contribution in [-0.4, -0.2) is 23.2 Å². The molecular formula is C27H30N4O4. The molecule has 0 radical (unpaired) electrons. The lowest BCUT2D eigenvalue weighted by Crippen LogP contribution is -2.24. The Morgan fingerprint density at radius 2 is 1.11 bits per heavy atom. The van der Waals surface area contributed by atoms with Crippen LogP contribution in [0.4, 0.5) is 0 Å².